The summed E-state index contributed by atoms with van der Waals surface area (Å²) in [5, 5.41) is 3.96. The lowest BCUT2D eigenvalue weighted by molar-refractivity contribution is 0.0569. The van der Waals surface area contributed by atoms with Crippen LogP contribution in [0.5, 0.6) is 0 Å². The topological polar surface area (TPSA) is 21.3 Å². The number of nitrogens with one attached hydrogen (secondary N) is 1. The van der Waals surface area contributed by atoms with Gasteiger partial charge in [-0.2, -0.15) is 0 Å². The molecular weight excluding hydrogens is 258 g/mol. The molecule has 2 nitrogen and oxygen atoms in total. The highest BCUT2D eigenvalue weighted by atomic mass is 35.5. The highest BCUT2D eigenvalue weighted by Crippen LogP contribution is 2.36. The molecule has 3 heteroatoms. The van der Waals surface area contributed by atoms with Crippen LogP contribution in [0.25, 0.3) is 0 Å². The first-order chi connectivity index (χ1) is 9.28. The molecule has 0 aromatic heterocycles. The maximum atomic E-state index is 6.54. The molecule has 4 atom stereocenters. The third-order valence-corrected chi connectivity index (χ3v) is 4.95. The molecule has 1 fully saturated rings. The number of rotatable bonds is 3. The number of hydrogen-bond donors (Lipinski definition) is 1. The van der Waals surface area contributed by atoms with Crippen LogP contribution < -0.4 is 5.32 Å². The fourth-order valence-electron chi connectivity index (χ4n) is 3.50. The van der Waals surface area contributed by atoms with Crippen LogP contribution in [0.1, 0.15) is 42.9 Å². The van der Waals surface area contributed by atoms with Crippen molar-refractivity contribution >= 4 is 11.6 Å². The van der Waals surface area contributed by atoms with Crippen LogP contribution in [0.15, 0.2) is 24.3 Å². The lowest BCUT2D eigenvalue weighted by Gasteiger charge is -2.32. The monoisotopic (exact) mass is 279 g/mol. The van der Waals surface area contributed by atoms with Gasteiger partial charge in [0.05, 0.1) is 11.5 Å². The van der Waals surface area contributed by atoms with Gasteiger partial charge in [0, 0.05) is 19.2 Å². The quantitative estimate of drug-likeness (QED) is 0.856. The molecule has 19 heavy (non-hydrogen) atoms. The third-order valence-electron chi connectivity index (χ3n) is 4.54. The third kappa shape index (κ3) is 2.81. The Balaban J connectivity index is 1.69. The fraction of sp³-hybridized carbons (Fsp3) is 0.625. The van der Waals surface area contributed by atoms with Gasteiger partial charge in [-0.3, -0.25) is 0 Å². The highest BCUT2D eigenvalue weighted by molar-refractivity contribution is 6.21. The van der Waals surface area contributed by atoms with Gasteiger partial charge in [0.15, 0.2) is 0 Å². The molecule has 2 aliphatic rings. The second-order valence-corrected chi connectivity index (χ2v) is 6.35. The Morgan fingerprint density at radius 3 is 2.95 bits per heavy atom. The molecule has 4 unspecified atom stereocenters. The molecule has 0 heterocycles. The van der Waals surface area contributed by atoms with Gasteiger partial charge in [0.25, 0.3) is 0 Å². The number of halogens is 1. The Hall–Kier alpha value is -0.570. The first-order valence-electron chi connectivity index (χ1n) is 7.28. The van der Waals surface area contributed by atoms with Gasteiger partial charge >= 0.3 is 0 Å². The van der Waals surface area contributed by atoms with Crippen molar-refractivity contribution in [2.75, 3.05) is 7.11 Å². The number of fused-ring (bicyclic) bond motifs is 1. The molecule has 0 aliphatic heterocycles. The Bertz CT molecular complexity index is 437. The van der Waals surface area contributed by atoms with Crippen molar-refractivity contribution in [3.05, 3.63) is 35.4 Å². The SMILES string of the molecule is COC1CCCC(NC2c3ccccc3CC2Cl)C1. The zero-order valence-electron chi connectivity index (χ0n) is 11.4. The largest absolute Gasteiger partial charge is 0.381 e. The van der Waals surface area contributed by atoms with Gasteiger partial charge in [0.2, 0.25) is 0 Å². The average Bonchev–Trinajstić information content (AvgIpc) is 2.76. The van der Waals surface area contributed by atoms with E-state index in [1.165, 1.54) is 30.4 Å². The van der Waals surface area contributed by atoms with Crippen molar-refractivity contribution in [2.45, 2.75) is 55.7 Å². The summed E-state index contributed by atoms with van der Waals surface area (Å²) in [6.45, 7) is 0. The minimum Gasteiger partial charge on any atom is -0.381 e. The number of methoxy groups -OCH3 is 1. The Kier molecular flexibility index (Phi) is 4.11. The van der Waals surface area contributed by atoms with Crippen molar-refractivity contribution in [2.24, 2.45) is 0 Å². The van der Waals surface area contributed by atoms with Crippen LogP contribution in [-0.4, -0.2) is 24.6 Å². The minimum atomic E-state index is 0.181. The zero-order valence-corrected chi connectivity index (χ0v) is 12.2. The van der Waals surface area contributed by atoms with Crippen molar-refractivity contribution < 1.29 is 4.74 Å². The van der Waals surface area contributed by atoms with E-state index in [1.54, 1.807) is 0 Å². The van der Waals surface area contributed by atoms with Gasteiger partial charge in [-0.1, -0.05) is 24.3 Å². The summed E-state index contributed by atoms with van der Waals surface area (Å²) >= 11 is 6.54. The minimum absolute atomic E-state index is 0.181. The molecule has 0 amide bonds. The second-order valence-electron chi connectivity index (χ2n) is 5.78. The molecule has 0 radical (unpaired) electrons. The van der Waals surface area contributed by atoms with E-state index in [0.717, 1.165) is 12.8 Å². The van der Waals surface area contributed by atoms with Gasteiger partial charge in [-0.15, -0.1) is 11.6 Å². The van der Waals surface area contributed by atoms with Crippen LogP contribution in [-0.2, 0) is 11.2 Å². The second kappa shape index (κ2) is 5.82. The molecule has 1 aromatic rings. The maximum Gasteiger partial charge on any atom is 0.0586 e. The van der Waals surface area contributed by atoms with Crippen LogP contribution in [0.3, 0.4) is 0 Å². The number of ether oxygens (including phenoxy) is 1. The summed E-state index contributed by atoms with van der Waals surface area (Å²) in [5.41, 5.74) is 2.79. The van der Waals surface area contributed by atoms with Crippen molar-refractivity contribution in [1.82, 2.24) is 5.32 Å². The molecule has 1 N–H and O–H groups in total. The number of benzene rings is 1. The van der Waals surface area contributed by atoms with E-state index in [9.17, 15) is 0 Å². The van der Waals surface area contributed by atoms with E-state index in [0.29, 0.717) is 18.2 Å². The van der Waals surface area contributed by atoms with Gasteiger partial charge in [-0.25, -0.2) is 0 Å². The van der Waals surface area contributed by atoms with Crippen LogP contribution in [0.2, 0.25) is 0 Å². The summed E-state index contributed by atoms with van der Waals surface area (Å²) in [7, 11) is 1.82. The molecular formula is C16H22ClNO. The molecule has 0 bridgehead atoms. The van der Waals surface area contributed by atoms with Crippen LogP contribution in [0.4, 0.5) is 0 Å². The Morgan fingerprint density at radius 1 is 1.26 bits per heavy atom. The maximum absolute atomic E-state index is 6.54. The highest BCUT2D eigenvalue weighted by Gasteiger charge is 2.33. The molecule has 3 rings (SSSR count). The predicted molar refractivity (Wildman–Crippen MR) is 78.7 cm³/mol. The van der Waals surface area contributed by atoms with Gasteiger partial charge in [-0.05, 0) is 43.2 Å². The van der Waals surface area contributed by atoms with Gasteiger partial charge < -0.3 is 10.1 Å². The number of hydrogen-bond acceptors (Lipinski definition) is 2. The normalized spacial score (nSPS) is 34.2. The van der Waals surface area contributed by atoms with E-state index >= 15 is 0 Å². The zero-order chi connectivity index (χ0) is 13.2. The summed E-state index contributed by atoms with van der Waals surface area (Å²) in [6.07, 6.45) is 6.19. The summed E-state index contributed by atoms with van der Waals surface area (Å²) < 4.78 is 5.51. The summed E-state index contributed by atoms with van der Waals surface area (Å²) in [4.78, 5) is 0. The lowest BCUT2D eigenvalue weighted by Crippen LogP contribution is -2.40. The first kappa shape index (κ1) is 13.4. The smallest absolute Gasteiger partial charge is 0.0586 e. The lowest BCUT2D eigenvalue weighted by atomic mass is 9.92. The average molecular weight is 280 g/mol. The Morgan fingerprint density at radius 2 is 2.11 bits per heavy atom. The van der Waals surface area contributed by atoms with Gasteiger partial charge in [0.1, 0.15) is 0 Å². The Labute approximate surface area is 120 Å². The van der Waals surface area contributed by atoms with E-state index in [1.807, 2.05) is 7.11 Å². The molecule has 2 aliphatic carbocycles. The molecule has 0 saturated heterocycles. The van der Waals surface area contributed by atoms with Crippen molar-refractivity contribution in [3.63, 3.8) is 0 Å². The molecule has 0 spiro atoms. The fourth-order valence-corrected chi connectivity index (χ4v) is 3.88. The summed E-state index contributed by atoms with van der Waals surface area (Å²) in [6, 6.07) is 9.47. The number of alkyl halides is 1. The van der Waals surface area contributed by atoms with E-state index < -0.39 is 0 Å². The van der Waals surface area contributed by atoms with E-state index in [2.05, 4.69) is 29.6 Å². The first-order valence-corrected chi connectivity index (χ1v) is 7.72. The van der Waals surface area contributed by atoms with Crippen LogP contribution >= 0.6 is 11.6 Å². The van der Waals surface area contributed by atoms with Crippen molar-refractivity contribution in [3.8, 4) is 0 Å². The summed E-state index contributed by atoms with van der Waals surface area (Å²) in [5.74, 6) is 0. The van der Waals surface area contributed by atoms with Crippen LogP contribution in [0, 0.1) is 0 Å². The molecule has 1 saturated carbocycles. The molecule has 1 aromatic carbocycles. The van der Waals surface area contributed by atoms with E-state index in [-0.39, 0.29) is 5.38 Å². The van der Waals surface area contributed by atoms with Crippen molar-refractivity contribution in [1.29, 1.82) is 0 Å². The van der Waals surface area contributed by atoms with E-state index in [4.69, 9.17) is 16.3 Å². The predicted octanol–water partition coefficient (Wildman–Crippen LogP) is 3.44. The standard InChI is InChI=1S/C16H22ClNO/c1-19-13-7-4-6-12(10-13)18-16-14-8-3-2-5-11(14)9-15(16)17/h2-3,5,8,12-13,15-16,18H,4,6-7,9-10H2,1H3. The molecule has 104 valence electrons.